The average Bonchev–Trinajstić information content (AvgIpc) is 3.17. The molecule has 1 unspecified atom stereocenters. The van der Waals surface area contributed by atoms with Crippen molar-refractivity contribution in [1.29, 1.82) is 0 Å². The Bertz CT molecular complexity index is 803. The fourth-order valence-electron chi connectivity index (χ4n) is 4.15. The van der Waals surface area contributed by atoms with Crippen LogP contribution in [0.5, 0.6) is 0 Å². The number of esters is 1. The highest BCUT2D eigenvalue weighted by molar-refractivity contribution is 7.09. The summed E-state index contributed by atoms with van der Waals surface area (Å²) in [7, 11) is -0.452. The van der Waals surface area contributed by atoms with E-state index in [4.69, 9.17) is 4.74 Å². The number of hydrogen-bond donors (Lipinski definition) is 0. The fourth-order valence-corrected chi connectivity index (χ4v) is 9.01. The van der Waals surface area contributed by atoms with Gasteiger partial charge in [-0.15, -0.1) is 0 Å². The summed E-state index contributed by atoms with van der Waals surface area (Å²) in [4.78, 5) is 11.9. The maximum absolute atomic E-state index is 11.9. The van der Waals surface area contributed by atoms with Gasteiger partial charge in [-0.25, -0.2) is 0 Å². The van der Waals surface area contributed by atoms with Crippen molar-refractivity contribution in [3.05, 3.63) is 91.0 Å². The monoisotopic (exact) mass is 373 g/mol. The molecule has 1 aliphatic rings. The summed E-state index contributed by atoms with van der Waals surface area (Å²) in [6, 6.07) is 32.0. The third-order valence-electron chi connectivity index (χ3n) is 5.40. The van der Waals surface area contributed by atoms with Crippen LogP contribution in [0.1, 0.15) is 12.8 Å². The number of carbonyl (C=O) groups is 1. The Balaban J connectivity index is 1.99. The molecule has 0 aliphatic carbocycles. The lowest BCUT2D eigenvalue weighted by Crippen LogP contribution is -2.78. The third kappa shape index (κ3) is 3.11. The number of hydrogen-bond acceptors (Lipinski definition) is 3. The molecule has 1 saturated heterocycles. The highest BCUT2D eigenvalue weighted by Crippen LogP contribution is 2.22. The molecule has 0 radical (unpaired) electrons. The Hall–Kier alpha value is -2.69. The standard InChI is InChI=1S/C23H23NO2Si/c1-24(22-17-18-23(25)26-22)27(19-11-5-2-6-12-19,20-13-7-3-8-14-20)21-15-9-4-10-16-21/h2-16,22H,17-18H2,1H3. The van der Waals surface area contributed by atoms with E-state index >= 15 is 0 Å². The van der Waals surface area contributed by atoms with Crippen molar-refractivity contribution in [3.63, 3.8) is 0 Å². The van der Waals surface area contributed by atoms with Crippen LogP contribution < -0.4 is 15.6 Å². The van der Waals surface area contributed by atoms with Gasteiger partial charge in [0.1, 0.15) is 0 Å². The summed E-state index contributed by atoms with van der Waals surface area (Å²) >= 11 is 0. The van der Waals surface area contributed by atoms with E-state index in [1.807, 2.05) is 18.2 Å². The van der Waals surface area contributed by atoms with Crippen LogP contribution in [0.4, 0.5) is 0 Å². The summed E-state index contributed by atoms with van der Waals surface area (Å²) in [6.07, 6.45) is 1.01. The number of ether oxygens (including phenoxy) is 1. The van der Waals surface area contributed by atoms with Gasteiger partial charge in [0.15, 0.2) is 6.23 Å². The molecular formula is C23H23NO2Si. The first-order chi connectivity index (χ1) is 13.2. The summed E-state index contributed by atoms with van der Waals surface area (Å²) in [6.45, 7) is 0. The van der Waals surface area contributed by atoms with Crippen molar-refractivity contribution in [2.75, 3.05) is 7.05 Å². The molecule has 4 heteroatoms. The Morgan fingerprint density at radius 2 is 1.19 bits per heavy atom. The highest BCUT2D eigenvalue weighted by atomic mass is 28.3. The van der Waals surface area contributed by atoms with Crippen molar-refractivity contribution < 1.29 is 9.53 Å². The average molecular weight is 374 g/mol. The Labute approximate surface area is 161 Å². The van der Waals surface area contributed by atoms with Crippen LogP contribution in [0.25, 0.3) is 0 Å². The molecule has 0 saturated carbocycles. The van der Waals surface area contributed by atoms with E-state index in [0.29, 0.717) is 6.42 Å². The lowest BCUT2D eigenvalue weighted by molar-refractivity contribution is -0.144. The van der Waals surface area contributed by atoms with Crippen LogP contribution in [0.2, 0.25) is 0 Å². The molecule has 3 aromatic carbocycles. The molecule has 1 heterocycles. The molecule has 4 rings (SSSR count). The van der Waals surface area contributed by atoms with Gasteiger partial charge in [-0.1, -0.05) is 91.0 Å². The van der Waals surface area contributed by atoms with Crippen molar-refractivity contribution in [3.8, 4) is 0 Å². The Kier molecular flexibility index (Phi) is 4.92. The molecular weight excluding hydrogens is 350 g/mol. The van der Waals surface area contributed by atoms with E-state index in [-0.39, 0.29) is 12.2 Å². The Morgan fingerprint density at radius 1 is 0.778 bits per heavy atom. The summed E-state index contributed by atoms with van der Waals surface area (Å²) < 4.78 is 8.06. The molecule has 136 valence electrons. The molecule has 0 amide bonds. The smallest absolute Gasteiger partial charge is 0.307 e. The molecule has 3 nitrogen and oxygen atoms in total. The second kappa shape index (κ2) is 7.51. The maximum atomic E-state index is 11.9. The van der Waals surface area contributed by atoms with Crippen LogP contribution in [0, 0.1) is 0 Å². The quantitative estimate of drug-likeness (QED) is 0.390. The zero-order valence-electron chi connectivity index (χ0n) is 15.4. The van der Waals surface area contributed by atoms with Gasteiger partial charge in [0, 0.05) is 6.42 Å². The fraction of sp³-hybridized carbons (Fsp3) is 0.174. The maximum Gasteiger partial charge on any atom is 0.307 e. The molecule has 1 atom stereocenters. The van der Waals surface area contributed by atoms with E-state index in [2.05, 4.69) is 84.4 Å². The van der Waals surface area contributed by atoms with Crippen LogP contribution in [-0.4, -0.2) is 32.0 Å². The SMILES string of the molecule is CN(C1CCC(=O)O1)[Si](c1ccccc1)(c1ccccc1)c1ccccc1. The number of nitrogens with zero attached hydrogens (tertiary/aromatic N) is 1. The summed E-state index contributed by atoms with van der Waals surface area (Å²) in [5.74, 6) is -0.107. The van der Waals surface area contributed by atoms with Crippen molar-refractivity contribution >= 4 is 29.8 Å². The summed E-state index contributed by atoms with van der Waals surface area (Å²) in [5, 5.41) is 3.86. The molecule has 1 aliphatic heterocycles. The normalized spacial score (nSPS) is 17.1. The number of carbonyl (C=O) groups excluding carboxylic acids is 1. The van der Waals surface area contributed by atoms with Gasteiger partial charge in [0.25, 0.3) is 0 Å². The van der Waals surface area contributed by atoms with Crippen LogP contribution in [0.3, 0.4) is 0 Å². The first kappa shape index (κ1) is 17.7. The van der Waals surface area contributed by atoms with Gasteiger partial charge in [-0.3, -0.25) is 9.36 Å². The third-order valence-corrected chi connectivity index (χ3v) is 10.3. The first-order valence-electron chi connectivity index (χ1n) is 9.32. The van der Waals surface area contributed by atoms with Gasteiger partial charge in [0.05, 0.1) is 6.42 Å². The zero-order chi connectivity index (χ0) is 18.7. The Morgan fingerprint density at radius 3 is 1.52 bits per heavy atom. The second-order valence-electron chi connectivity index (χ2n) is 6.90. The predicted molar refractivity (Wildman–Crippen MR) is 111 cm³/mol. The largest absolute Gasteiger partial charge is 0.447 e. The lowest BCUT2D eigenvalue weighted by atomic mass is 10.3. The van der Waals surface area contributed by atoms with E-state index in [0.717, 1.165) is 6.42 Å². The van der Waals surface area contributed by atoms with Gasteiger partial charge in [-0.2, -0.15) is 0 Å². The van der Waals surface area contributed by atoms with Crippen molar-refractivity contribution in [1.82, 2.24) is 4.57 Å². The van der Waals surface area contributed by atoms with Crippen LogP contribution >= 0.6 is 0 Å². The number of rotatable bonds is 5. The molecule has 1 fully saturated rings. The minimum atomic E-state index is -2.57. The number of cyclic esters (lactones) is 1. The van der Waals surface area contributed by atoms with E-state index < -0.39 is 8.24 Å². The van der Waals surface area contributed by atoms with Gasteiger partial charge in [-0.05, 0) is 22.6 Å². The summed E-state index contributed by atoms with van der Waals surface area (Å²) in [5.41, 5.74) is 0. The van der Waals surface area contributed by atoms with Crippen LogP contribution in [-0.2, 0) is 9.53 Å². The molecule has 0 spiro atoms. The minimum absolute atomic E-state index is 0.107. The van der Waals surface area contributed by atoms with E-state index in [1.54, 1.807) is 0 Å². The minimum Gasteiger partial charge on any atom is -0.447 e. The molecule has 0 N–H and O–H groups in total. The highest BCUT2D eigenvalue weighted by Gasteiger charge is 2.48. The molecule has 0 bridgehead atoms. The molecule has 0 aromatic heterocycles. The second-order valence-corrected chi connectivity index (χ2v) is 10.8. The van der Waals surface area contributed by atoms with E-state index in [9.17, 15) is 4.79 Å². The zero-order valence-corrected chi connectivity index (χ0v) is 16.4. The number of benzene rings is 3. The van der Waals surface area contributed by atoms with Crippen molar-refractivity contribution in [2.24, 2.45) is 0 Å². The molecule has 27 heavy (non-hydrogen) atoms. The topological polar surface area (TPSA) is 29.5 Å². The van der Waals surface area contributed by atoms with Crippen molar-refractivity contribution in [2.45, 2.75) is 19.1 Å². The van der Waals surface area contributed by atoms with E-state index in [1.165, 1.54) is 15.6 Å². The first-order valence-corrected chi connectivity index (χ1v) is 11.3. The van der Waals surface area contributed by atoms with Crippen LogP contribution in [0.15, 0.2) is 91.0 Å². The van der Waals surface area contributed by atoms with Gasteiger partial charge < -0.3 is 4.74 Å². The van der Waals surface area contributed by atoms with Gasteiger partial charge in [0.2, 0.25) is 8.24 Å². The lowest BCUT2D eigenvalue weighted by Gasteiger charge is -2.43. The molecule has 3 aromatic rings. The van der Waals surface area contributed by atoms with Gasteiger partial charge >= 0.3 is 5.97 Å². The predicted octanol–water partition coefficient (Wildman–Crippen LogP) is 2.25.